The molecule has 2 aromatic carbocycles. The largest absolute Gasteiger partial charge is 0.494 e. The Morgan fingerprint density at radius 1 is 1.16 bits per heavy atom. The summed E-state index contributed by atoms with van der Waals surface area (Å²) >= 11 is 0. The van der Waals surface area contributed by atoms with Crippen molar-refractivity contribution in [3.8, 4) is 5.75 Å². The summed E-state index contributed by atoms with van der Waals surface area (Å²) in [4.78, 5) is 17.5. The number of ether oxygens (including phenoxy) is 2. The Labute approximate surface area is 181 Å². The van der Waals surface area contributed by atoms with Crippen LogP contribution in [-0.2, 0) is 16.1 Å². The molecule has 0 fully saturated rings. The van der Waals surface area contributed by atoms with Gasteiger partial charge >= 0.3 is 5.97 Å². The first-order valence-electron chi connectivity index (χ1n) is 10.5. The third kappa shape index (κ3) is 4.60. The molecule has 1 N–H and O–H groups in total. The number of hydrogen-bond donors (Lipinski definition) is 1. The molecule has 7 nitrogen and oxygen atoms in total. The van der Waals surface area contributed by atoms with Crippen LogP contribution in [0.25, 0.3) is 0 Å². The van der Waals surface area contributed by atoms with Gasteiger partial charge < -0.3 is 14.8 Å². The lowest BCUT2D eigenvalue weighted by molar-refractivity contribution is -0.140. The Balaban J connectivity index is 1.63. The minimum atomic E-state index is -0.461. The number of unbranched alkanes of at least 4 members (excludes halogenated alkanes) is 1. The molecule has 2 heterocycles. The maximum atomic E-state index is 13.2. The number of carbonyl (C=O) groups excluding carboxylic acids is 1. The van der Waals surface area contributed by atoms with Gasteiger partial charge in [-0.05, 0) is 36.6 Å². The highest BCUT2D eigenvalue weighted by atomic mass is 16.5. The van der Waals surface area contributed by atoms with Crippen molar-refractivity contribution < 1.29 is 14.3 Å². The minimum Gasteiger partial charge on any atom is -0.494 e. The van der Waals surface area contributed by atoms with Crippen LogP contribution in [0.1, 0.15) is 43.9 Å². The van der Waals surface area contributed by atoms with Crippen molar-refractivity contribution in [2.75, 3.05) is 11.9 Å². The number of hydrogen-bond acceptors (Lipinski definition) is 6. The van der Waals surface area contributed by atoms with Gasteiger partial charge in [-0.2, -0.15) is 10.1 Å². The van der Waals surface area contributed by atoms with Crippen molar-refractivity contribution >= 4 is 11.9 Å². The van der Waals surface area contributed by atoms with Gasteiger partial charge in [0.1, 0.15) is 24.7 Å². The lowest BCUT2D eigenvalue weighted by atomic mass is 9.95. The number of aromatic nitrogens is 3. The molecule has 0 amide bonds. The van der Waals surface area contributed by atoms with Gasteiger partial charge in [-0.3, -0.25) is 0 Å². The number of allylic oxidation sites excluding steroid dienone is 1. The van der Waals surface area contributed by atoms with Crippen LogP contribution < -0.4 is 10.1 Å². The average Bonchev–Trinajstić information content (AvgIpc) is 3.25. The smallest absolute Gasteiger partial charge is 0.338 e. The highest BCUT2D eigenvalue weighted by Gasteiger charge is 2.34. The van der Waals surface area contributed by atoms with E-state index in [1.807, 2.05) is 61.5 Å². The van der Waals surface area contributed by atoms with Crippen LogP contribution in [0.15, 0.2) is 72.2 Å². The summed E-state index contributed by atoms with van der Waals surface area (Å²) in [6.07, 6.45) is 3.53. The molecule has 1 unspecified atom stereocenters. The first-order chi connectivity index (χ1) is 15.2. The van der Waals surface area contributed by atoms with Gasteiger partial charge in [0.05, 0.1) is 12.2 Å². The number of esters is 1. The molecule has 1 aliphatic heterocycles. The van der Waals surface area contributed by atoms with Crippen LogP contribution in [0.5, 0.6) is 5.75 Å². The molecule has 31 heavy (non-hydrogen) atoms. The first-order valence-corrected chi connectivity index (χ1v) is 10.5. The van der Waals surface area contributed by atoms with Gasteiger partial charge in [0.2, 0.25) is 5.95 Å². The van der Waals surface area contributed by atoms with Crippen LogP contribution >= 0.6 is 0 Å². The summed E-state index contributed by atoms with van der Waals surface area (Å²) in [6, 6.07) is 16.9. The number of fused-ring (bicyclic) bond motifs is 1. The Morgan fingerprint density at radius 2 is 2.00 bits per heavy atom. The summed E-state index contributed by atoms with van der Waals surface area (Å²) in [5, 5.41) is 7.53. The van der Waals surface area contributed by atoms with Crippen molar-refractivity contribution in [1.82, 2.24) is 14.8 Å². The summed E-state index contributed by atoms with van der Waals surface area (Å²) in [5.74, 6) is 0.956. The van der Waals surface area contributed by atoms with Crippen molar-refractivity contribution in [3.05, 3.63) is 83.3 Å². The highest BCUT2D eigenvalue weighted by molar-refractivity contribution is 5.92. The van der Waals surface area contributed by atoms with Crippen LogP contribution in [0.2, 0.25) is 0 Å². The standard InChI is InChI=1S/C24H26N4O3/c1-3-4-13-30-20-12-8-11-19(14-20)22-21(17(2)27-24-25-16-26-28(22)24)23(29)31-15-18-9-6-5-7-10-18/h5-12,14,16,22H,3-4,13,15H2,1-2H3,(H,25,26,27). The molecule has 0 radical (unpaired) electrons. The maximum absolute atomic E-state index is 13.2. The quantitative estimate of drug-likeness (QED) is 0.429. The second-order valence-corrected chi connectivity index (χ2v) is 7.43. The second kappa shape index (κ2) is 9.47. The Morgan fingerprint density at radius 3 is 2.81 bits per heavy atom. The Bertz CT molecular complexity index is 1080. The monoisotopic (exact) mass is 418 g/mol. The number of benzene rings is 2. The second-order valence-electron chi connectivity index (χ2n) is 7.43. The summed E-state index contributed by atoms with van der Waals surface area (Å²) in [6.45, 7) is 4.84. The molecule has 0 saturated carbocycles. The SMILES string of the molecule is CCCCOc1cccc(C2C(C(=O)OCc3ccccc3)=C(C)Nc3ncnn32)c1. The molecular formula is C24H26N4O3. The molecule has 4 rings (SSSR count). The first kappa shape index (κ1) is 20.7. The normalized spacial score (nSPS) is 15.2. The average molecular weight is 418 g/mol. The van der Waals surface area contributed by atoms with Crippen molar-refractivity contribution in [2.45, 2.75) is 39.3 Å². The molecule has 3 aromatic rings. The molecule has 1 aliphatic rings. The van der Waals surface area contributed by atoms with Crippen molar-refractivity contribution in [1.29, 1.82) is 0 Å². The van der Waals surface area contributed by atoms with E-state index in [-0.39, 0.29) is 6.61 Å². The third-order valence-electron chi connectivity index (χ3n) is 5.17. The molecule has 0 spiro atoms. The third-order valence-corrected chi connectivity index (χ3v) is 5.17. The van der Waals surface area contributed by atoms with Crippen LogP contribution in [0.4, 0.5) is 5.95 Å². The van der Waals surface area contributed by atoms with Gasteiger partial charge in [0.25, 0.3) is 0 Å². The van der Waals surface area contributed by atoms with E-state index in [1.54, 1.807) is 4.68 Å². The van der Waals surface area contributed by atoms with E-state index in [0.717, 1.165) is 29.7 Å². The van der Waals surface area contributed by atoms with Crippen molar-refractivity contribution in [2.24, 2.45) is 0 Å². The van der Waals surface area contributed by atoms with E-state index in [0.29, 0.717) is 23.8 Å². The van der Waals surface area contributed by atoms with Gasteiger partial charge in [-0.15, -0.1) is 0 Å². The van der Waals surface area contributed by atoms with E-state index in [1.165, 1.54) is 6.33 Å². The zero-order valence-corrected chi connectivity index (χ0v) is 17.7. The summed E-state index contributed by atoms with van der Waals surface area (Å²) < 4.78 is 13.2. The van der Waals surface area contributed by atoms with Gasteiger partial charge in [0.15, 0.2) is 0 Å². The number of nitrogens with one attached hydrogen (secondary N) is 1. The Hall–Kier alpha value is -3.61. The fourth-order valence-corrected chi connectivity index (χ4v) is 3.57. The zero-order chi connectivity index (χ0) is 21.6. The molecule has 1 aromatic heterocycles. The van der Waals surface area contributed by atoms with Gasteiger partial charge in [-0.25, -0.2) is 9.48 Å². The number of rotatable bonds is 8. The van der Waals surface area contributed by atoms with Gasteiger partial charge in [-0.1, -0.05) is 55.8 Å². The van der Waals surface area contributed by atoms with E-state index in [4.69, 9.17) is 9.47 Å². The van der Waals surface area contributed by atoms with E-state index in [2.05, 4.69) is 22.3 Å². The molecule has 7 heteroatoms. The molecular weight excluding hydrogens is 392 g/mol. The lowest BCUT2D eigenvalue weighted by Crippen LogP contribution is -2.29. The zero-order valence-electron chi connectivity index (χ0n) is 17.7. The fourth-order valence-electron chi connectivity index (χ4n) is 3.57. The molecule has 0 bridgehead atoms. The minimum absolute atomic E-state index is 0.202. The number of anilines is 1. The Kier molecular flexibility index (Phi) is 6.31. The number of carbonyl (C=O) groups is 1. The van der Waals surface area contributed by atoms with Gasteiger partial charge in [0, 0.05) is 5.70 Å². The van der Waals surface area contributed by atoms with Crippen LogP contribution in [0, 0.1) is 0 Å². The van der Waals surface area contributed by atoms with E-state index < -0.39 is 12.0 Å². The lowest BCUT2D eigenvalue weighted by Gasteiger charge is -2.28. The molecule has 0 aliphatic carbocycles. The topological polar surface area (TPSA) is 78.3 Å². The fraction of sp³-hybridized carbons (Fsp3) is 0.292. The number of nitrogens with zero attached hydrogens (tertiary/aromatic N) is 3. The van der Waals surface area contributed by atoms with Crippen LogP contribution in [0.3, 0.4) is 0 Å². The summed E-state index contributed by atoms with van der Waals surface area (Å²) in [7, 11) is 0. The predicted molar refractivity (Wildman–Crippen MR) is 118 cm³/mol. The molecule has 0 saturated heterocycles. The highest BCUT2D eigenvalue weighted by Crippen LogP contribution is 2.36. The summed E-state index contributed by atoms with van der Waals surface area (Å²) in [5.41, 5.74) is 3.01. The maximum Gasteiger partial charge on any atom is 0.338 e. The molecule has 160 valence electrons. The molecule has 1 atom stereocenters. The van der Waals surface area contributed by atoms with E-state index >= 15 is 0 Å². The van der Waals surface area contributed by atoms with E-state index in [9.17, 15) is 4.79 Å². The van der Waals surface area contributed by atoms with Crippen LogP contribution in [-0.4, -0.2) is 27.3 Å². The predicted octanol–water partition coefficient (Wildman–Crippen LogP) is 4.49. The van der Waals surface area contributed by atoms with Crippen molar-refractivity contribution in [3.63, 3.8) is 0 Å².